The lowest BCUT2D eigenvalue weighted by Gasteiger charge is -2.16. The monoisotopic (exact) mass is 323 g/mol. The van der Waals surface area contributed by atoms with Crippen molar-refractivity contribution < 1.29 is 4.39 Å². The average Bonchev–Trinajstić information content (AvgIpc) is 2.65. The molecule has 1 unspecified atom stereocenters. The highest BCUT2D eigenvalue weighted by Crippen LogP contribution is 2.34. The molecule has 0 spiro atoms. The molecule has 100 valence electrons. The highest BCUT2D eigenvalue weighted by molar-refractivity contribution is 9.10. The molecule has 3 nitrogen and oxygen atoms in total. The molecule has 1 heterocycles. The fourth-order valence-corrected chi connectivity index (χ4v) is 2.47. The van der Waals surface area contributed by atoms with Crippen molar-refractivity contribution in [2.75, 3.05) is 7.05 Å². The van der Waals surface area contributed by atoms with Crippen LogP contribution in [0.4, 0.5) is 4.39 Å². The van der Waals surface area contributed by atoms with E-state index in [1.807, 2.05) is 6.92 Å². The standard InChI is InChI=1S/C14H15BrFN3/c1-7(18-3)12-13(17)8(2)19-14(12)10-5-4-9(15)6-11(10)16/h4-6,14,17-19H,2H2,1,3H3/b12-7+,17-13?. The van der Waals surface area contributed by atoms with Gasteiger partial charge in [-0.1, -0.05) is 28.6 Å². The van der Waals surface area contributed by atoms with Crippen LogP contribution in [0.15, 0.2) is 46.2 Å². The van der Waals surface area contributed by atoms with Gasteiger partial charge in [0.05, 0.1) is 17.5 Å². The van der Waals surface area contributed by atoms with E-state index >= 15 is 0 Å². The predicted molar refractivity (Wildman–Crippen MR) is 78.6 cm³/mol. The number of allylic oxidation sites excluding steroid dienone is 2. The summed E-state index contributed by atoms with van der Waals surface area (Å²) < 4.78 is 14.8. The van der Waals surface area contributed by atoms with E-state index < -0.39 is 0 Å². The van der Waals surface area contributed by atoms with E-state index in [9.17, 15) is 4.39 Å². The van der Waals surface area contributed by atoms with Crippen molar-refractivity contribution >= 4 is 21.6 Å². The minimum atomic E-state index is -0.374. The summed E-state index contributed by atoms with van der Waals surface area (Å²) in [5.41, 5.74) is 2.91. The largest absolute Gasteiger partial charge is 0.391 e. The van der Waals surface area contributed by atoms with E-state index in [0.29, 0.717) is 21.4 Å². The lowest BCUT2D eigenvalue weighted by molar-refractivity contribution is 0.586. The summed E-state index contributed by atoms with van der Waals surface area (Å²) in [6.07, 6.45) is 0. The summed E-state index contributed by atoms with van der Waals surface area (Å²) in [6.45, 7) is 5.66. The maximum absolute atomic E-state index is 14.1. The summed E-state index contributed by atoms with van der Waals surface area (Å²) in [7, 11) is 1.78. The molecule has 1 aromatic rings. The van der Waals surface area contributed by atoms with Gasteiger partial charge in [0.25, 0.3) is 0 Å². The predicted octanol–water partition coefficient (Wildman–Crippen LogP) is 3.26. The van der Waals surface area contributed by atoms with Crippen molar-refractivity contribution in [3.63, 3.8) is 0 Å². The van der Waals surface area contributed by atoms with Gasteiger partial charge in [-0.15, -0.1) is 0 Å². The molecule has 0 saturated carbocycles. The van der Waals surface area contributed by atoms with E-state index in [0.717, 1.165) is 11.3 Å². The second-order valence-corrected chi connectivity index (χ2v) is 5.30. The third-order valence-electron chi connectivity index (χ3n) is 3.23. The first kappa shape index (κ1) is 13.8. The molecule has 0 aromatic heterocycles. The first-order valence-corrected chi connectivity index (χ1v) is 6.63. The maximum Gasteiger partial charge on any atom is 0.129 e. The number of halogens is 2. The molecule has 0 aliphatic carbocycles. The van der Waals surface area contributed by atoms with Gasteiger partial charge in [0.2, 0.25) is 0 Å². The topological polar surface area (TPSA) is 47.9 Å². The fourth-order valence-electron chi connectivity index (χ4n) is 2.13. The van der Waals surface area contributed by atoms with Crippen molar-refractivity contribution in [2.45, 2.75) is 13.0 Å². The Kier molecular flexibility index (Phi) is 3.75. The zero-order valence-electron chi connectivity index (χ0n) is 10.8. The zero-order valence-corrected chi connectivity index (χ0v) is 12.4. The van der Waals surface area contributed by atoms with Crippen LogP contribution in [0.25, 0.3) is 0 Å². The van der Waals surface area contributed by atoms with Crippen molar-refractivity contribution in [3.8, 4) is 0 Å². The molecule has 1 aliphatic rings. The van der Waals surface area contributed by atoms with Gasteiger partial charge in [-0.05, 0) is 19.1 Å². The van der Waals surface area contributed by atoms with Crippen LogP contribution in [-0.2, 0) is 0 Å². The zero-order chi connectivity index (χ0) is 14.2. The molecule has 0 radical (unpaired) electrons. The van der Waals surface area contributed by atoms with E-state index in [-0.39, 0.29) is 11.9 Å². The van der Waals surface area contributed by atoms with E-state index in [1.165, 1.54) is 6.07 Å². The van der Waals surface area contributed by atoms with Crippen molar-refractivity contribution in [1.82, 2.24) is 10.6 Å². The summed E-state index contributed by atoms with van der Waals surface area (Å²) in [6, 6.07) is 4.55. The Balaban J connectivity index is 2.54. The third kappa shape index (κ3) is 2.42. The highest BCUT2D eigenvalue weighted by Gasteiger charge is 2.32. The van der Waals surface area contributed by atoms with E-state index in [4.69, 9.17) is 5.41 Å². The molecule has 2 rings (SSSR count). The molecule has 1 saturated heterocycles. The van der Waals surface area contributed by atoms with Gasteiger partial charge in [-0.3, -0.25) is 5.41 Å². The lowest BCUT2D eigenvalue weighted by Crippen LogP contribution is -2.17. The van der Waals surface area contributed by atoms with Gasteiger partial charge in [0, 0.05) is 28.4 Å². The first-order chi connectivity index (χ1) is 8.95. The second kappa shape index (κ2) is 5.17. The van der Waals surface area contributed by atoms with Gasteiger partial charge in [-0.25, -0.2) is 4.39 Å². The summed E-state index contributed by atoms with van der Waals surface area (Å²) in [5.74, 6) is -0.309. The van der Waals surface area contributed by atoms with Gasteiger partial charge < -0.3 is 10.6 Å². The highest BCUT2D eigenvalue weighted by atomic mass is 79.9. The lowest BCUT2D eigenvalue weighted by atomic mass is 9.97. The second-order valence-electron chi connectivity index (χ2n) is 4.39. The number of hydrogen-bond acceptors (Lipinski definition) is 3. The molecule has 19 heavy (non-hydrogen) atoms. The number of nitrogens with one attached hydrogen (secondary N) is 3. The van der Waals surface area contributed by atoms with Crippen LogP contribution in [0.1, 0.15) is 18.5 Å². The van der Waals surface area contributed by atoms with Crippen LogP contribution in [-0.4, -0.2) is 12.8 Å². The Morgan fingerprint density at radius 3 is 2.79 bits per heavy atom. The van der Waals surface area contributed by atoms with E-state index in [2.05, 4.69) is 33.1 Å². The quantitative estimate of drug-likeness (QED) is 0.782. The Hall–Kier alpha value is -1.62. The number of rotatable bonds is 2. The Morgan fingerprint density at radius 1 is 1.53 bits per heavy atom. The number of hydrogen-bond donors (Lipinski definition) is 3. The molecule has 3 N–H and O–H groups in total. The molecule has 0 amide bonds. The summed E-state index contributed by atoms with van der Waals surface area (Å²) in [4.78, 5) is 0. The maximum atomic E-state index is 14.1. The van der Waals surface area contributed by atoms with Gasteiger partial charge in [0.15, 0.2) is 0 Å². The summed E-state index contributed by atoms with van der Waals surface area (Å²) >= 11 is 3.24. The van der Waals surface area contributed by atoms with E-state index in [1.54, 1.807) is 19.2 Å². The smallest absolute Gasteiger partial charge is 0.129 e. The normalized spacial score (nSPS) is 21.4. The van der Waals surface area contributed by atoms with Crippen LogP contribution < -0.4 is 10.6 Å². The minimum Gasteiger partial charge on any atom is -0.391 e. The third-order valence-corrected chi connectivity index (χ3v) is 3.72. The Morgan fingerprint density at radius 2 is 2.21 bits per heavy atom. The van der Waals surface area contributed by atoms with Crippen molar-refractivity contribution in [1.29, 1.82) is 5.41 Å². The average molecular weight is 324 g/mol. The molecule has 1 fully saturated rings. The van der Waals surface area contributed by atoms with Crippen LogP contribution in [0.3, 0.4) is 0 Å². The van der Waals surface area contributed by atoms with Crippen molar-refractivity contribution in [2.24, 2.45) is 0 Å². The Bertz CT molecular complexity index is 592. The SMILES string of the molecule is C=C1NC(c2ccc(Br)cc2F)/C(=C(\C)NC)C1=N. The van der Waals surface area contributed by atoms with Crippen LogP contribution in [0, 0.1) is 11.2 Å². The minimum absolute atomic E-state index is 0.309. The molecular weight excluding hydrogens is 309 g/mol. The van der Waals surface area contributed by atoms with Gasteiger partial charge in [0.1, 0.15) is 5.82 Å². The molecule has 1 aliphatic heterocycles. The molecular formula is C14H15BrFN3. The van der Waals surface area contributed by atoms with Crippen LogP contribution >= 0.6 is 15.9 Å². The van der Waals surface area contributed by atoms with Gasteiger partial charge in [-0.2, -0.15) is 0 Å². The number of benzene rings is 1. The van der Waals surface area contributed by atoms with Crippen LogP contribution in [0.5, 0.6) is 0 Å². The molecule has 1 atom stereocenters. The summed E-state index contributed by atoms with van der Waals surface area (Å²) in [5, 5.41) is 14.1. The van der Waals surface area contributed by atoms with Gasteiger partial charge >= 0.3 is 0 Å². The molecule has 0 bridgehead atoms. The molecule has 5 heteroatoms. The first-order valence-electron chi connectivity index (χ1n) is 5.84. The van der Waals surface area contributed by atoms with Crippen LogP contribution in [0.2, 0.25) is 0 Å². The fraction of sp³-hybridized carbons (Fsp3) is 0.214. The molecule has 1 aromatic carbocycles. The Labute approximate surface area is 120 Å². The van der Waals surface area contributed by atoms with Crippen molar-refractivity contribution in [3.05, 3.63) is 57.6 Å².